The van der Waals surface area contributed by atoms with Crippen molar-refractivity contribution in [2.24, 2.45) is 0 Å². The van der Waals surface area contributed by atoms with Gasteiger partial charge in [-0.15, -0.1) is 0 Å². The van der Waals surface area contributed by atoms with Crippen molar-refractivity contribution in [3.63, 3.8) is 0 Å². The fourth-order valence-electron chi connectivity index (χ4n) is 2.68. The van der Waals surface area contributed by atoms with Crippen LogP contribution < -0.4 is 11.1 Å². The van der Waals surface area contributed by atoms with Gasteiger partial charge in [-0.2, -0.15) is 0 Å². The molecule has 0 amide bonds. The lowest BCUT2D eigenvalue weighted by molar-refractivity contribution is 0.00548. The summed E-state index contributed by atoms with van der Waals surface area (Å²) in [5.74, 6) is 0.630. The number of aromatic nitrogens is 1. The highest BCUT2D eigenvalue weighted by Crippen LogP contribution is 2.29. The summed E-state index contributed by atoms with van der Waals surface area (Å²) in [6.45, 7) is 2.97. The second kappa shape index (κ2) is 6.16. The molecular formula is C14H23N3O. The fourth-order valence-corrected chi connectivity index (χ4v) is 2.68. The van der Waals surface area contributed by atoms with Crippen molar-refractivity contribution in [3.8, 4) is 0 Å². The predicted octanol–water partition coefficient (Wildman–Crippen LogP) is 2.19. The summed E-state index contributed by atoms with van der Waals surface area (Å²) in [6.07, 6.45) is 6.68. The minimum atomic E-state index is 0.224. The average Bonchev–Trinajstić information content (AvgIpc) is 2.38. The Kier molecular flexibility index (Phi) is 4.55. The van der Waals surface area contributed by atoms with Crippen molar-refractivity contribution in [3.05, 3.63) is 23.4 Å². The number of nitrogen functional groups attached to an aromatic ring is 1. The highest BCUT2D eigenvalue weighted by Gasteiger charge is 2.22. The number of aryl methyl sites for hydroxylation is 1. The summed E-state index contributed by atoms with van der Waals surface area (Å²) in [7, 11) is 1.97. The van der Waals surface area contributed by atoms with Crippen LogP contribution in [0.2, 0.25) is 0 Å². The molecule has 0 saturated carbocycles. The van der Waals surface area contributed by atoms with Crippen LogP contribution in [0.1, 0.15) is 42.9 Å². The molecule has 3 N–H and O–H groups in total. The van der Waals surface area contributed by atoms with Gasteiger partial charge in [0.05, 0.1) is 6.10 Å². The maximum Gasteiger partial charge on any atom is 0.128 e. The molecule has 0 aliphatic carbocycles. The van der Waals surface area contributed by atoms with Gasteiger partial charge in [-0.3, -0.25) is 0 Å². The zero-order valence-corrected chi connectivity index (χ0v) is 11.3. The molecule has 2 unspecified atom stereocenters. The molecule has 1 aromatic rings. The third kappa shape index (κ3) is 3.00. The molecule has 100 valence electrons. The third-order valence-electron chi connectivity index (χ3n) is 3.71. The lowest BCUT2D eigenvalue weighted by Crippen LogP contribution is -2.28. The van der Waals surface area contributed by atoms with Gasteiger partial charge >= 0.3 is 0 Å². The second-order valence-corrected chi connectivity index (χ2v) is 4.99. The summed E-state index contributed by atoms with van der Waals surface area (Å²) in [5, 5.41) is 3.35. The van der Waals surface area contributed by atoms with E-state index in [0.29, 0.717) is 11.9 Å². The molecule has 2 atom stereocenters. The summed E-state index contributed by atoms with van der Waals surface area (Å²) in [4.78, 5) is 4.20. The van der Waals surface area contributed by atoms with E-state index in [4.69, 9.17) is 10.5 Å². The van der Waals surface area contributed by atoms with E-state index in [0.717, 1.165) is 25.0 Å². The smallest absolute Gasteiger partial charge is 0.128 e. The van der Waals surface area contributed by atoms with Gasteiger partial charge in [0.25, 0.3) is 0 Å². The van der Waals surface area contributed by atoms with Crippen molar-refractivity contribution in [2.75, 3.05) is 19.4 Å². The average molecular weight is 249 g/mol. The number of hydrogen-bond donors (Lipinski definition) is 2. The molecule has 2 heterocycles. The van der Waals surface area contributed by atoms with Crippen molar-refractivity contribution in [1.29, 1.82) is 0 Å². The molecule has 0 spiro atoms. The first-order chi connectivity index (χ1) is 8.72. The Labute approximate surface area is 109 Å². The van der Waals surface area contributed by atoms with Gasteiger partial charge < -0.3 is 15.8 Å². The van der Waals surface area contributed by atoms with E-state index in [9.17, 15) is 0 Å². The number of pyridine rings is 1. The molecule has 18 heavy (non-hydrogen) atoms. The molecular weight excluding hydrogens is 226 g/mol. The van der Waals surface area contributed by atoms with Crippen molar-refractivity contribution >= 4 is 5.82 Å². The maximum absolute atomic E-state index is 6.01. The first-order valence-corrected chi connectivity index (χ1v) is 6.72. The number of nitrogens with two attached hydrogens (primary N) is 1. The molecule has 0 aromatic carbocycles. The number of nitrogens with one attached hydrogen (secondary N) is 1. The van der Waals surface area contributed by atoms with Crippen molar-refractivity contribution < 1.29 is 4.74 Å². The van der Waals surface area contributed by atoms with Crippen LogP contribution in [-0.2, 0) is 4.74 Å². The number of hydrogen-bond acceptors (Lipinski definition) is 4. The lowest BCUT2D eigenvalue weighted by Gasteiger charge is -2.28. The van der Waals surface area contributed by atoms with Crippen molar-refractivity contribution in [2.45, 2.75) is 44.8 Å². The Hall–Kier alpha value is -1.13. The van der Waals surface area contributed by atoms with Gasteiger partial charge in [0.1, 0.15) is 5.82 Å². The monoisotopic (exact) mass is 249 g/mol. The number of rotatable bonds is 4. The zero-order valence-electron chi connectivity index (χ0n) is 11.3. The molecule has 2 rings (SSSR count). The zero-order chi connectivity index (χ0) is 13.0. The van der Waals surface area contributed by atoms with E-state index in [2.05, 4.69) is 17.2 Å². The molecule has 1 fully saturated rings. The Morgan fingerprint density at radius 2 is 2.39 bits per heavy atom. The van der Waals surface area contributed by atoms with E-state index < -0.39 is 0 Å². The normalized spacial score (nSPS) is 21.8. The molecule has 1 aliphatic heterocycles. The molecule has 1 aliphatic rings. The van der Waals surface area contributed by atoms with Crippen LogP contribution in [0.25, 0.3) is 0 Å². The highest BCUT2D eigenvalue weighted by atomic mass is 16.5. The summed E-state index contributed by atoms with van der Waals surface area (Å²) in [6, 6.07) is 2.24. The molecule has 4 nitrogen and oxygen atoms in total. The largest absolute Gasteiger partial charge is 0.383 e. The first-order valence-electron chi connectivity index (χ1n) is 6.72. The lowest BCUT2D eigenvalue weighted by atomic mass is 9.94. The number of anilines is 1. The minimum Gasteiger partial charge on any atom is -0.383 e. The van der Waals surface area contributed by atoms with Gasteiger partial charge in [-0.1, -0.05) is 0 Å². The van der Waals surface area contributed by atoms with E-state index in [1.807, 2.05) is 13.1 Å². The van der Waals surface area contributed by atoms with Gasteiger partial charge in [0.15, 0.2) is 0 Å². The summed E-state index contributed by atoms with van der Waals surface area (Å²) >= 11 is 0. The quantitative estimate of drug-likeness (QED) is 0.858. The van der Waals surface area contributed by atoms with Crippen LogP contribution in [0.5, 0.6) is 0 Å². The topological polar surface area (TPSA) is 60.2 Å². The first kappa shape index (κ1) is 13.3. The van der Waals surface area contributed by atoms with E-state index in [-0.39, 0.29) is 6.04 Å². The molecule has 0 radical (unpaired) electrons. The minimum absolute atomic E-state index is 0.224. The van der Waals surface area contributed by atoms with Crippen molar-refractivity contribution in [1.82, 2.24) is 10.3 Å². The number of nitrogens with zero attached hydrogens (tertiary/aromatic N) is 1. The molecule has 0 bridgehead atoms. The Morgan fingerprint density at radius 3 is 3.00 bits per heavy atom. The van der Waals surface area contributed by atoms with Crippen LogP contribution in [0.3, 0.4) is 0 Å². The fraction of sp³-hybridized carbons (Fsp3) is 0.643. The van der Waals surface area contributed by atoms with Gasteiger partial charge in [-0.25, -0.2) is 4.98 Å². The van der Waals surface area contributed by atoms with E-state index >= 15 is 0 Å². The molecule has 1 aromatic heterocycles. The van der Waals surface area contributed by atoms with E-state index in [1.54, 1.807) is 6.20 Å². The van der Waals surface area contributed by atoms with Crippen LogP contribution >= 0.6 is 0 Å². The van der Waals surface area contributed by atoms with Gasteiger partial charge in [0, 0.05) is 24.4 Å². The third-order valence-corrected chi connectivity index (χ3v) is 3.71. The van der Waals surface area contributed by atoms with Gasteiger partial charge in [-0.05, 0) is 51.3 Å². The van der Waals surface area contributed by atoms with Crippen LogP contribution in [0.4, 0.5) is 5.82 Å². The molecule has 4 heteroatoms. The van der Waals surface area contributed by atoms with E-state index in [1.165, 1.54) is 18.4 Å². The van der Waals surface area contributed by atoms with Crippen LogP contribution in [0.15, 0.2) is 12.3 Å². The molecule has 1 saturated heterocycles. The Balaban J connectivity index is 2.12. The number of ether oxygens (including phenoxy) is 1. The highest BCUT2D eigenvalue weighted by molar-refractivity contribution is 5.46. The van der Waals surface area contributed by atoms with Crippen LogP contribution in [0, 0.1) is 6.92 Å². The van der Waals surface area contributed by atoms with Gasteiger partial charge in [0.2, 0.25) is 0 Å². The van der Waals surface area contributed by atoms with Crippen LogP contribution in [-0.4, -0.2) is 24.7 Å². The Morgan fingerprint density at radius 1 is 1.56 bits per heavy atom. The Bertz CT molecular complexity index is 368. The SMILES string of the molecule is CNC(CC1CCCCO1)c1c(C)ccnc1N. The second-order valence-electron chi connectivity index (χ2n) is 4.99. The summed E-state index contributed by atoms with van der Waals surface area (Å²) in [5.41, 5.74) is 8.32. The standard InChI is InChI=1S/C14H23N3O/c1-10-6-7-17-14(15)13(10)12(16-2)9-11-5-3-4-8-18-11/h6-7,11-12,16H,3-5,8-9H2,1-2H3,(H2,15,17). The summed E-state index contributed by atoms with van der Waals surface area (Å²) < 4.78 is 5.81. The predicted molar refractivity (Wildman–Crippen MR) is 73.4 cm³/mol. The maximum atomic E-state index is 6.01.